The highest BCUT2D eigenvalue weighted by molar-refractivity contribution is 5.72. The highest BCUT2D eigenvalue weighted by atomic mass is 14.9. The number of pyridine rings is 2. The van der Waals surface area contributed by atoms with Crippen molar-refractivity contribution in [3.05, 3.63) is 96.6 Å². The Hall–Kier alpha value is -3.66. The van der Waals surface area contributed by atoms with Crippen LogP contribution in [-0.4, -0.2) is 9.97 Å². The fraction of sp³-hybridized carbons (Fsp3) is 0.154. The van der Waals surface area contributed by atoms with E-state index in [0.717, 1.165) is 46.7 Å². The Balaban J connectivity index is 1.53. The van der Waals surface area contributed by atoms with Crippen molar-refractivity contribution in [2.75, 3.05) is 10.6 Å². The van der Waals surface area contributed by atoms with E-state index in [2.05, 4.69) is 95.1 Å². The van der Waals surface area contributed by atoms with Crippen molar-refractivity contribution in [3.63, 3.8) is 0 Å². The van der Waals surface area contributed by atoms with E-state index in [9.17, 15) is 0 Å². The predicted molar refractivity (Wildman–Crippen MR) is 126 cm³/mol. The number of rotatable bonds is 7. The molecule has 4 heteroatoms. The zero-order valence-corrected chi connectivity index (χ0v) is 17.4. The third-order valence-corrected chi connectivity index (χ3v) is 5.08. The van der Waals surface area contributed by atoms with Gasteiger partial charge >= 0.3 is 0 Å². The van der Waals surface area contributed by atoms with Crippen molar-refractivity contribution in [1.82, 2.24) is 9.97 Å². The van der Waals surface area contributed by atoms with Crippen LogP contribution in [0.1, 0.15) is 25.0 Å². The van der Waals surface area contributed by atoms with Crippen LogP contribution < -0.4 is 10.6 Å². The molecule has 0 radical (unpaired) electrons. The minimum Gasteiger partial charge on any atom is -0.354 e. The molecule has 0 saturated carbocycles. The molecule has 0 saturated heterocycles. The van der Waals surface area contributed by atoms with Gasteiger partial charge in [0.05, 0.1) is 23.8 Å². The molecule has 150 valence electrons. The molecule has 0 aliphatic heterocycles. The number of hydrogen-bond acceptors (Lipinski definition) is 4. The van der Waals surface area contributed by atoms with Crippen LogP contribution in [0.2, 0.25) is 0 Å². The molecule has 0 atom stereocenters. The Morgan fingerprint density at radius 2 is 1.17 bits per heavy atom. The third kappa shape index (κ3) is 4.84. The fourth-order valence-electron chi connectivity index (χ4n) is 3.36. The predicted octanol–water partition coefficient (Wildman–Crippen LogP) is 6.76. The van der Waals surface area contributed by atoms with E-state index in [0.29, 0.717) is 0 Å². The highest BCUT2D eigenvalue weighted by Gasteiger charge is 2.04. The summed E-state index contributed by atoms with van der Waals surface area (Å²) in [6.45, 7) is 4.32. The summed E-state index contributed by atoms with van der Waals surface area (Å²) in [4.78, 5) is 8.84. The lowest BCUT2D eigenvalue weighted by Crippen LogP contribution is -1.94. The average molecular weight is 395 g/mol. The standard InChI is InChI=1S/C26H26N4/c1-3-19-8-10-23(11-9-19)29-25-13-21(15-27-17-25)22-14-26(18-28-16-22)30-24-7-5-6-20(4-2)12-24/h5-18,29-30H,3-4H2,1-2H3. The molecule has 30 heavy (non-hydrogen) atoms. The third-order valence-electron chi connectivity index (χ3n) is 5.08. The van der Waals surface area contributed by atoms with Gasteiger partial charge in [-0.2, -0.15) is 0 Å². The molecule has 0 aliphatic rings. The Morgan fingerprint density at radius 3 is 1.77 bits per heavy atom. The maximum Gasteiger partial charge on any atom is 0.0576 e. The second kappa shape index (κ2) is 9.23. The fourth-order valence-corrected chi connectivity index (χ4v) is 3.36. The number of aryl methyl sites for hydroxylation is 2. The molecule has 2 heterocycles. The summed E-state index contributed by atoms with van der Waals surface area (Å²) >= 11 is 0. The summed E-state index contributed by atoms with van der Waals surface area (Å²) in [6.07, 6.45) is 9.46. The van der Waals surface area contributed by atoms with Gasteiger partial charge in [-0.15, -0.1) is 0 Å². The number of nitrogens with one attached hydrogen (secondary N) is 2. The lowest BCUT2D eigenvalue weighted by Gasteiger charge is -2.11. The van der Waals surface area contributed by atoms with Crippen LogP contribution in [0.15, 0.2) is 85.5 Å². The van der Waals surface area contributed by atoms with Gasteiger partial charge in [0, 0.05) is 34.9 Å². The molecule has 4 aromatic rings. The zero-order valence-electron chi connectivity index (χ0n) is 17.4. The van der Waals surface area contributed by atoms with E-state index in [1.165, 1.54) is 11.1 Å². The molecular formula is C26H26N4. The maximum absolute atomic E-state index is 4.42. The Bertz CT molecular complexity index is 1120. The molecule has 2 N–H and O–H groups in total. The molecule has 0 unspecified atom stereocenters. The first-order chi connectivity index (χ1) is 14.7. The zero-order chi connectivity index (χ0) is 20.8. The van der Waals surface area contributed by atoms with Crippen molar-refractivity contribution in [3.8, 4) is 11.1 Å². The lowest BCUT2D eigenvalue weighted by molar-refractivity contribution is 1.14. The molecule has 0 fully saturated rings. The molecule has 2 aromatic carbocycles. The number of nitrogens with zero attached hydrogens (tertiary/aromatic N) is 2. The van der Waals surface area contributed by atoms with E-state index in [1.807, 2.05) is 24.8 Å². The van der Waals surface area contributed by atoms with Gasteiger partial charge in [0.25, 0.3) is 0 Å². The SMILES string of the molecule is CCc1ccc(Nc2cncc(-c3cncc(Nc4cccc(CC)c4)c3)c2)cc1. The van der Waals surface area contributed by atoms with Crippen LogP contribution in [-0.2, 0) is 12.8 Å². The number of benzene rings is 2. The van der Waals surface area contributed by atoms with Gasteiger partial charge < -0.3 is 10.6 Å². The Kier molecular flexibility index (Phi) is 6.04. The van der Waals surface area contributed by atoms with Gasteiger partial charge in [-0.1, -0.05) is 38.1 Å². The lowest BCUT2D eigenvalue weighted by atomic mass is 10.1. The van der Waals surface area contributed by atoms with E-state index < -0.39 is 0 Å². The summed E-state index contributed by atoms with van der Waals surface area (Å²) in [7, 11) is 0. The maximum atomic E-state index is 4.42. The smallest absolute Gasteiger partial charge is 0.0576 e. The minimum absolute atomic E-state index is 0.950. The molecule has 0 amide bonds. The minimum atomic E-state index is 0.950. The van der Waals surface area contributed by atoms with Gasteiger partial charge in [0.2, 0.25) is 0 Å². The molecule has 4 rings (SSSR count). The van der Waals surface area contributed by atoms with Crippen LogP contribution >= 0.6 is 0 Å². The first-order valence-corrected chi connectivity index (χ1v) is 10.4. The van der Waals surface area contributed by atoms with Gasteiger partial charge in [-0.3, -0.25) is 9.97 Å². The van der Waals surface area contributed by atoms with Gasteiger partial charge in [0.1, 0.15) is 0 Å². The summed E-state index contributed by atoms with van der Waals surface area (Å²) in [5, 5.41) is 6.89. The van der Waals surface area contributed by atoms with Crippen LogP contribution in [0, 0.1) is 0 Å². The summed E-state index contributed by atoms with van der Waals surface area (Å²) in [6, 6.07) is 21.1. The van der Waals surface area contributed by atoms with Gasteiger partial charge in [-0.05, 0) is 60.4 Å². The van der Waals surface area contributed by atoms with Crippen LogP contribution in [0.3, 0.4) is 0 Å². The van der Waals surface area contributed by atoms with Crippen molar-refractivity contribution in [2.24, 2.45) is 0 Å². The van der Waals surface area contributed by atoms with E-state index in [4.69, 9.17) is 0 Å². The monoisotopic (exact) mass is 394 g/mol. The van der Waals surface area contributed by atoms with E-state index in [1.54, 1.807) is 0 Å². The summed E-state index contributed by atoms with van der Waals surface area (Å²) < 4.78 is 0. The van der Waals surface area contributed by atoms with Crippen molar-refractivity contribution >= 4 is 22.7 Å². The topological polar surface area (TPSA) is 49.8 Å². The normalized spacial score (nSPS) is 10.6. The van der Waals surface area contributed by atoms with E-state index in [-0.39, 0.29) is 0 Å². The molecular weight excluding hydrogens is 368 g/mol. The van der Waals surface area contributed by atoms with Crippen molar-refractivity contribution in [1.29, 1.82) is 0 Å². The highest BCUT2D eigenvalue weighted by Crippen LogP contribution is 2.26. The molecule has 4 nitrogen and oxygen atoms in total. The summed E-state index contributed by atoms with van der Waals surface area (Å²) in [5.41, 5.74) is 8.69. The van der Waals surface area contributed by atoms with E-state index >= 15 is 0 Å². The first kappa shape index (κ1) is 19.6. The molecule has 0 aliphatic carbocycles. The van der Waals surface area contributed by atoms with Gasteiger partial charge in [0.15, 0.2) is 0 Å². The van der Waals surface area contributed by atoms with Crippen molar-refractivity contribution < 1.29 is 0 Å². The Labute approximate surface area is 178 Å². The quantitative estimate of drug-likeness (QED) is 0.364. The van der Waals surface area contributed by atoms with Crippen LogP contribution in [0.4, 0.5) is 22.7 Å². The largest absolute Gasteiger partial charge is 0.354 e. The van der Waals surface area contributed by atoms with Crippen LogP contribution in [0.5, 0.6) is 0 Å². The molecule has 0 spiro atoms. The number of aromatic nitrogens is 2. The van der Waals surface area contributed by atoms with Crippen molar-refractivity contribution in [2.45, 2.75) is 26.7 Å². The average Bonchev–Trinajstić information content (AvgIpc) is 2.80. The Morgan fingerprint density at radius 1 is 0.567 bits per heavy atom. The van der Waals surface area contributed by atoms with Crippen LogP contribution in [0.25, 0.3) is 11.1 Å². The summed E-state index contributed by atoms with van der Waals surface area (Å²) in [5.74, 6) is 0. The molecule has 0 bridgehead atoms. The van der Waals surface area contributed by atoms with Gasteiger partial charge in [-0.25, -0.2) is 0 Å². The molecule has 2 aromatic heterocycles. The first-order valence-electron chi connectivity index (χ1n) is 10.4. The number of anilines is 4. The number of hydrogen-bond donors (Lipinski definition) is 2. The second-order valence-corrected chi connectivity index (χ2v) is 7.28. The second-order valence-electron chi connectivity index (χ2n) is 7.28.